The number of allylic oxidation sites excluding steroid dienone is 1. The molecule has 26 heavy (non-hydrogen) atoms. The number of benzene rings is 2. The monoisotopic (exact) mass is 354 g/mol. The lowest BCUT2D eigenvalue weighted by atomic mass is 10.1. The van der Waals surface area contributed by atoms with Crippen molar-refractivity contribution in [3.63, 3.8) is 0 Å². The van der Waals surface area contributed by atoms with Crippen LogP contribution in [0.15, 0.2) is 59.7 Å². The molecule has 0 fully saturated rings. The Bertz CT molecular complexity index is 848. The molecule has 0 aromatic heterocycles. The summed E-state index contributed by atoms with van der Waals surface area (Å²) in [4.78, 5) is 20.4. The Labute approximate surface area is 150 Å². The van der Waals surface area contributed by atoms with Gasteiger partial charge in [-0.15, -0.1) is 0 Å². The van der Waals surface area contributed by atoms with Gasteiger partial charge in [-0.3, -0.25) is 25.7 Å². The molecule has 0 saturated heterocycles. The third-order valence-corrected chi connectivity index (χ3v) is 3.54. The summed E-state index contributed by atoms with van der Waals surface area (Å²) in [6.45, 7) is 1.81. The zero-order chi connectivity index (χ0) is 18.9. The van der Waals surface area contributed by atoms with Gasteiger partial charge in [-0.25, -0.2) is 0 Å². The van der Waals surface area contributed by atoms with Crippen LogP contribution in [0.1, 0.15) is 25.3 Å². The number of non-ortho nitro benzene ring substituents is 1. The normalized spacial score (nSPS) is 11.5. The van der Waals surface area contributed by atoms with Crippen LogP contribution < -0.4 is 5.43 Å². The fourth-order valence-corrected chi connectivity index (χ4v) is 2.17. The van der Waals surface area contributed by atoms with Gasteiger partial charge in [0.15, 0.2) is 0 Å². The van der Waals surface area contributed by atoms with Crippen LogP contribution in [0.3, 0.4) is 0 Å². The largest absolute Gasteiger partial charge is 0.301 e. The quantitative estimate of drug-likeness (QED) is 0.416. The van der Waals surface area contributed by atoms with E-state index in [1.807, 2.05) is 42.5 Å². The molecule has 0 bridgehead atoms. The number of nitrogens with one attached hydrogen (secondary N) is 1. The van der Waals surface area contributed by atoms with E-state index in [2.05, 4.69) is 10.5 Å². The van der Waals surface area contributed by atoms with Crippen molar-refractivity contribution in [3.8, 4) is 0 Å². The maximum atomic E-state index is 11.1. The maximum absolute atomic E-state index is 11.1. The van der Waals surface area contributed by atoms with Crippen LogP contribution in [0, 0.1) is 20.2 Å². The van der Waals surface area contributed by atoms with E-state index in [0.29, 0.717) is 6.42 Å². The minimum absolute atomic E-state index is 0.111. The molecule has 0 atom stereocenters. The van der Waals surface area contributed by atoms with E-state index in [1.165, 1.54) is 12.1 Å². The van der Waals surface area contributed by atoms with Crippen LogP contribution in [-0.4, -0.2) is 15.6 Å². The highest BCUT2D eigenvalue weighted by molar-refractivity contribution is 5.83. The summed E-state index contributed by atoms with van der Waals surface area (Å²) in [6.07, 6.45) is 5.50. The van der Waals surface area contributed by atoms with Crippen molar-refractivity contribution in [1.29, 1.82) is 0 Å². The molecule has 2 aromatic rings. The highest BCUT2D eigenvalue weighted by Gasteiger charge is 2.19. The number of nitro benzene ring substituents is 2. The Balaban J connectivity index is 1.96. The Morgan fingerprint density at radius 1 is 1.12 bits per heavy atom. The minimum atomic E-state index is -0.678. The number of nitro groups is 2. The van der Waals surface area contributed by atoms with Gasteiger partial charge < -0.3 is 0 Å². The Hall–Kier alpha value is -3.55. The van der Waals surface area contributed by atoms with Crippen LogP contribution in [0.4, 0.5) is 17.1 Å². The highest BCUT2D eigenvalue weighted by atomic mass is 16.6. The SMILES string of the molecule is C/C(CC/C=C\c1ccccc1)=N/Nc1ccc([N+](=O)[O-])cc1[N+](=O)[O-]. The molecule has 1 N–H and O–H groups in total. The molecule has 0 heterocycles. The molecule has 0 aliphatic rings. The Morgan fingerprint density at radius 3 is 2.50 bits per heavy atom. The van der Waals surface area contributed by atoms with Crippen LogP contribution >= 0.6 is 0 Å². The van der Waals surface area contributed by atoms with Crippen molar-refractivity contribution in [2.75, 3.05) is 5.43 Å². The molecule has 2 aromatic carbocycles. The van der Waals surface area contributed by atoms with Gasteiger partial charge in [0.2, 0.25) is 0 Å². The van der Waals surface area contributed by atoms with Gasteiger partial charge in [0.1, 0.15) is 5.69 Å². The summed E-state index contributed by atoms with van der Waals surface area (Å²) < 4.78 is 0. The molecule has 0 amide bonds. The summed E-state index contributed by atoms with van der Waals surface area (Å²) in [5.41, 5.74) is 3.87. The van der Waals surface area contributed by atoms with Crippen molar-refractivity contribution >= 4 is 28.8 Å². The summed E-state index contributed by atoms with van der Waals surface area (Å²) in [5.74, 6) is 0. The zero-order valence-electron chi connectivity index (χ0n) is 14.2. The van der Waals surface area contributed by atoms with E-state index in [4.69, 9.17) is 0 Å². The Morgan fingerprint density at radius 2 is 1.85 bits per heavy atom. The number of hydrogen-bond acceptors (Lipinski definition) is 6. The van der Waals surface area contributed by atoms with Crippen LogP contribution in [0.25, 0.3) is 6.08 Å². The van der Waals surface area contributed by atoms with E-state index in [9.17, 15) is 20.2 Å². The van der Waals surface area contributed by atoms with Gasteiger partial charge in [-0.1, -0.05) is 42.5 Å². The first kappa shape index (κ1) is 18.8. The second-order valence-electron chi connectivity index (χ2n) is 5.53. The molecule has 0 saturated carbocycles. The first-order valence-electron chi connectivity index (χ1n) is 7.91. The zero-order valence-corrected chi connectivity index (χ0v) is 14.2. The lowest BCUT2D eigenvalue weighted by Crippen LogP contribution is -2.01. The van der Waals surface area contributed by atoms with Crippen molar-refractivity contribution in [2.24, 2.45) is 5.10 Å². The van der Waals surface area contributed by atoms with E-state index in [1.54, 1.807) is 6.92 Å². The first-order valence-corrected chi connectivity index (χ1v) is 7.91. The van der Waals surface area contributed by atoms with Gasteiger partial charge in [-0.05, 0) is 31.4 Å². The maximum Gasteiger partial charge on any atom is 0.301 e. The molecule has 0 spiro atoms. The first-order chi connectivity index (χ1) is 12.5. The van der Waals surface area contributed by atoms with E-state index < -0.39 is 9.85 Å². The molecule has 2 rings (SSSR count). The minimum Gasteiger partial charge on any atom is -0.272 e. The molecular weight excluding hydrogens is 336 g/mol. The molecule has 0 unspecified atom stereocenters. The van der Waals surface area contributed by atoms with Crippen LogP contribution in [0.5, 0.6) is 0 Å². The van der Waals surface area contributed by atoms with Crippen molar-refractivity contribution in [1.82, 2.24) is 0 Å². The topological polar surface area (TPSA) is 111 Å². The second-order valence-corrected chi connectivity index (χ2v) is 5.53. The van der Waals surface area contributed by atoms with Crippen LogP contribution in [-0.2, 0) is 0 Å². The van der Waals surface area contributed by atoms with E-state index >= 15 is 0 Å². The van der Waals surface area contributed by atoms with Crippen molar-refractivity contribution in [2.45, 2.75) is 19.8 Å². The third-order valence-electron chi connectivity index (χ3n) is 3.54. The molecule has 0 aliphatic heterocycles. The number of hydrogen-bond donors (Lipinski definition) is 1. The molecule has 8 heteroatoms. The average Bonchev–Trinajstić information content (AvgIpc) is 2.64. The lowest BCUT2D eigenvalue weighted by Gasteiger charge is -2.04. The predicted octanol–water partition coefficient (Wildman–Crippen LogP) is 4.78. The van der Waals surface area contributed by atoms with Crippen molar-refractivity contribution < 1.29 is 9.85 Å². The van der Waals surface area contributed by atoms with Gasteiger partial charge in [0, 0.05) is 11.8 Å². The Kier molecular flexibility index (Phi) is 6.55. The standard InChI is InChI=1S/C18H18N4O4/c1-14(7-5-6-10-15-8-3-2-4-9-15)19-20-17-12-11-16(21(23)24)13-18(17)22(25)26/h2-4,6,8-13,20H,5,7H2,1H3/b10-6-,19-14-. The summed E-state index contributed by atoms with van der Waals surface area (Å²) in [6, 6.07) is 13.3. The number of nitrogens with zero attached hydrogens (tertiary/aromatic N) is 3. The average molecular weight is 354 g/mol. The van der Waals surface area contributed by atoms with Crippen molar-refractivity contribution in [3.05, 3.63) is 80.4 Å². The summed E-state index contributed by atoms with van der Waals surface area (Å²) in [5, 5.41) is 25.9. The number of hydrazone groups is 1. The number of rotatable bonds is 8. The van der Waals surface area contributed by atoms with Crippen LogP contribution in [0.2, 0.25) is 0 Å². The molecular formula is C18H18N4O4. The highest BCUT2D eigenvalue weighted by Crippen LogP contribution is 2.28. The van der Waals surface area contributed by atoms with Gasteiger partial charge in [0.25, 0.3) is 5.69 Å². The fraction of sp³-hybridized carbons (Fsp3) is 0.167. The molecule has 0 aliphatic carbocycles. The third kappa shape index (κ3) is 5.52. The van der Waals surface area contributed by atoms with Gasteiger partial charge >= 0.3 is 5.69 Å². The lowest BCUT2D eigenvalue weighted by molar-refractivity contribution is -0.393. The second kappa shape index (κ2) is 9.07. The molecule has 0 radical (unpaired) electrons. The van der Waals surface area contributed by atoms with Gasteiger partial charge in [0.05, 0.1) is 15.9 Å². The predicted molar refractivity (Wildman–Crippen MR) is 101 cm³/mol. The summed E-state index contributed by atoms with van der Waals surface area (Å²) in [7, 11) is 0. The van der Waals surface area contributed by atoms with Gasteiger partial charge in [-0.2, -0.15) is 5.10 Å². The fourth-order valence-electron chi connectivity index (χ4n) is 2.17. The summed E-state index contributed by atoms with van der Waals surface area (Å²) >= 11 is 0. The van der Waals surface area contributed by atoms with E-state index in [-0.39, 0.29) is 17.1 Å². The molecule has 8 nitrogen and oxygen atoms in total. The smallest absolute Gasteiger partial charge is 0.272 e. The number of anilines is 1. The van der Waals surface area contributed by atoms with E-state index in [0.717, 1.165) is 23.8 Å². The molecule has 134 valence electrons.